The third-order valence-electron chi connectivity index (χ3n) is 3.32. The molecule has 0 saturated carbocycles. The predicted octanol–water partition coefficient (Wildman–Crippen LogP) is 2.98. The number of para-hydroxylation sites is 2. The molecule has 0 fully saturated rings. The molecule has 0 aromatic heterocycles. The number of halogens is 1. The van der Waals surface area contributed by atoms with E-state index < -0.39 is 0 Å². The van der Waals surface area contributed by atoms with Crippen molar-refractivity contribution in [2.24, 2.45) is 0 Å². The van der Waals surface area contributed by atoms with Crippen molar-refractivity contribution in [2.45, 2.75) is 6.42 Å². The lowest BCUT2D eigenvalue weighted by Crippen LogP contribution is -2.42. The minimum Gasteiger partial charge on any atom is -0.323 e. The molecule has 1 heterocycles. The molecule has 0 unspecified atom stereocenters. The molecular formula is C16H13BrN2O2. The molecule has 0 aliphatic carbocycles. The number of nitrogens with zero attached hydrogens (tertiary/aromatic N) is 1. The summed E-state index contributed by atoms with van der Waals surface area (Å²) in [7, 11) is 0. The molecule has 1 N–H and O–H groups in total. The van der Waals surface area contributed by atoms with Gasteiger partial charge in [-0.15, -0.1) is 0 Å². The number of hydrogen-bond donors (Lipinski definition) is 1. The van der Waals surface area contributed by atoms with Crippen LogP contribution in [0.4, 0.5) is 11.4 Å². The summed E-state index contributed by atoms with van der Waals surface area (Å²) in [5.41, 5.74) is 2.34. The second kappa shape index (κ2) is 5.69. The van der Waals surface area contributed by atoms with E-state index in [4.69, 9.17) is 0 Å². The van der Waals surface area contributed by atoms with Gasteiger partial charge in [0.25, 0.3) is 0 Å². The van der Waals surface area contributed by atoms with Crippen molar-refractivity contribution in [1.29, 1.82) is 0 Å². The summed E-state index contributed by atoms with van der Waals surface area (Å²) in [6.45, 7) is 0.0594. The monoisotopic (exact) mass is 344 g/mol. The molecular weight excluding hydrogens is 332 g/mol. The highest BCUT2D eigenvalue weighted by Gasteiger charge is 2.26. The SMILES string of the molecule is O=C1CN(C(=O)Cc2cccc(Br)c2)c2ccccc2N1. The van der Waals surface area contributed by atoms with E-state index in [1.807, 2.05) is 42.5 Å². The number of carbonyl (C=O) groups is 2. The number of anilines is 2. The third-order valence-corrected chi connectivity index (χ3v) is 3.81. The van der Waals surface area contributed by atoms with E-state index in [1.54, 1.807) is 6.07 Å². The van der Waals surface area contributed by atoms with E-state index in [1.165, 1.54) is 4.90 Å². The van der Waals surface area contributed by atoms with Crippen molar-refractivity contribution >= 4 is 39.1 Å². The van der Waals surface area contributed by atoms with E-state index in [-0.39, 0.29) is 24.8 Å². The quantitative estimate of drug-likeness (QED) is 0.910. The molecule has 0 bridgehead atoms. The Morgan fingerprint density at radius 1 is 1.19 bits per heavy atom. The average molecular weight is 345 g/mol. The fourth-order valence-electron chi connectivity index (χ4n) is 2.37. The van der Waals surface area contributed by atoms with Crippen LogP contribution in [0, 0.1) is 0 Å². The molecule has 1 aliphatic heterocycles. The minimum absolute atomic E-state index is 0.0594. The normalized spacial score (nSPS) is 13.6. The standard InChI is InChI=1S/C16H13BrN2O2/c17-12-5-3-4-11(8-12)9-16(21)19-10-15(20)18-13-6-1-2-7-14(13)19/h1-8H,9-10H2,(H,18,20). The van der Waals surface area contributed by atoms with Gasteiger partial charge < -0.3 is 10.2 Å². The maximum atomic E-state index is 12.5. The Kier molecular flexibility index (Phi) is 3.75. The van der Waals surface area contributed by atoms with Gasteiger partial charge in [0.05, 0.1) is 17.8 Å². The highest BCUT2D eigenvalue weighted by molar-refractivity contribution is 9.10. The molecule has 3 rings (SSSR count). The lowest BCUT2D eigenvalue weighted by molar-refractivity contribution is -0.121. The molecule has 21 heavy (non-hydrogen) atoms. The summed E-state index contributed by atoms with van der Waals surface area (Å²) in [4.78, 5) is 25.8. The first-order chi connectivity index (χ1) is 10.1. The Morgan fingerprint density at radius 3 is 2.81 bits per heavy atom. The molecule has 5 heteroatoms. The largest absolute Gasteiger partial charge is 0.323 e. The number of fused-ring (bicyclic) bond motifs is 1. The zero-order valence-electron chi connectivity index (χ0n) is 11.2. The van der Waals surface area contributed by atoms with Crippen molar-refractivity contribution in [3.63, 3.8) is 0 Å². The zero-order valence-corrected chi connectivity index (χ0v) is 12.8. The summed E-state index contributed by atoms with van der Waals surface area (Å²) in [5.74, 6) is -0.258. The molecule has 0 saturated heterocycles. The van der Waals surface area contributed by atoms with E-state index in [9.17, 15) is 9.59 Å². The fraction of sp³-hybridized carbons (Fsp3) is 0.125. The number of hydrogen-bond acceptors (Lipinski definition) is 2. The highest BCUT2D eigenvalue weighted by atomic mass is 79.9. The van der Waals surface area contributed by atoms with Crippen molar-refractivity contribution < 1.29 is 9.59 Å². The lowest BCUT2D eigenvalue weighted by Gasteiger charge is -2.29. The van der Waals surface area contributed by atoms with Crippen LogP contribution in [0.15, 0.2) is 53.0 Å². The van der Waals surface area contributed by atoms with E-state index in [2.05, 4.69) is 21.2 Å². The lowest BCUT2D eigenvalue weighted by atomic mass is 10.1. The molecule has 0 spiro atoms. The van der Waals surface area contributed by atoms with Crippen molar-refractivity contribution in [2.75, 3.05) is 16.8 Å². The maximum Gasteiger partial charge on any atom is 0.244 e. The van der Waals surface area contributed by atoms with Crippen LogP contribution in [0.1, 0.15) is 5.56 Å². The van der Waals surface area contributed by atoms with Crippen LogP contribution < -0.4 is 10.2 Å². The van der Waals surface area contributed by atoms with E-state index in [0.29, 0.717) is 5.69 Å². The van der Waals surface area contributed by atoms with Gasteiger partial charge in [0.15, 0.2) is 0 Å². The van der Waals surface area contributed by atoms with Gasteiger partial charge in [-0.2, -0.15) is 0 Å². The molecule has 2 aromatic carbocycles. The molecule has 0 atom stereocenters. The number of carbonyl (C=O) groups excluding carboxylic acids is 2. The summed E-state index contributed by atoms with van der Waals surface area (Å²) < 4.78 is 0.935. The van der Waals surface area contributed by atoms with Gasteiger partial charge in [-0.3, -0.25) is 9.59 Å². The van der Waals surface area contributed by atoms with Crippen LogP contribution in [-0.4, -0.2) is 18.4 Å². The Bertz CT molecular complexity index is 715. The molecule has 2 amide bonds. The van der Waals surface area contributed by atoms with E-state index >= 15 is 0 Å². The Hall–Kier alpha value is -2.14. The average Bonchev–Trinajstić information content (AvgIpc) is 2.46. The first kappa shape index (κ1) is 13.8. The topological polar surface area (TPSA) is 49.4 Å². The highest BCUT2D eigenvalue weighted by Crippen LogP contribution is 2.29. The number of nitrogens with one attached hydrogen (secondary N) is 1. The summed E-state index contributed by atoms with van der Waals surface area (Å²) in [6, 6.07) is 14.9. The number of benzene rings is 2. The fourth-order valence-corrected chi connectivity index (χ4v) is 2.82. The second-order valence-electron chi connectivity index (χ2n) is 4.85. The van der Waals surface area contributed by atoms with Gasteiger partial charge in [-0.25, -0.2) is 0 Å². The summed E-state index contributed by atoms with van der Waals surface area (Å²) in [6.07, 6.45) is 0.265. The first-order valence-electron chi connectivity index (χ1n) is 6.57. The summed E-state index contributed by atoms with van der Waals surface area (Å²) >= 11 is 3.39. The van der Waals surface area contributed by atoms with Crippen molar-refractivity contribution in [3.8, 4) is 0 Å². The van der Waals surface area contributed by atoms with Crippen molar-refractivity contribution in [3.05, 3.63) is 58.6 Å². The number of amides is 2. The van der Waals surface area contributed by atoms with Crippen molar-refractivity contribution in [1.82, 2.24) is 0 Å². The molecule has 1 aliphatic rings. The van der Waals surface area contributed by atoms with Gasteiger partial charge in [0.1, 0.15) is 6.54 Å². The second-order valence-corrected chi connectivity index (χ2v) is 5.77. The number of rotatable bonds is 2. The Labute approximate surface area is 130 Å². The smallest absolute Gasteiger partial charge is 0.244 e. The van der Waals surface area contributed by atoms with Crippen LogP contribution in [0.5, 0.6) is 0 Å². The Balaban J connectivity index is 1.86. The Morgan fingerprint density at radius 2 is 2.00 bits per heavy atom. The van der Waals surface area contributed by atoms with Gasteiger partial charge >= 0.3 is 0 Å². The molecule has 4 nitrogen and oxygen atoms in total. The zero-order chi connectivity index (χ0) is 14.8. The third kappa shape index (κ3) is 2.97. The van der Waals surface area contributed by atoms with Crippen LogP contribution in [0.25, 0.3) is 0 Å². The van der Waals surface area contributed by atoms with Gasteiger partial charge in [-0.1, -0.05) is 40.2 Å². The van der Waals surface area contributed by atoms with Gasteiger partial charge in [-0.05, 0) is 29.8 Å². The minimum atomic E-state index is -0.170. The molecule has 2 aromatic rings. The predicted molar refractivity (Wildman–Crippen MR) is 85.3 cm³/mol. The van der Waals surface area contributed by atoms with Gasteiger partial charge in [0.2, 0.25) is 11.8 Å². The van der Waals surface area contributed by atoms with Crippen LogP contribution >= 0.6 is 15.9 Å². The van der Waals surface area contributed by atoms with Crippen LogP contribution in [0.3, 0.4) is 0 Å². The molecule has 106 valence electrons. The van der Waals surface area contributed by atoms with Crippen LogP contribution in [-0.2, 0) is 16.0 Å². The maximum absolute atomic E-state index is 12.5. The summed E-state index contributed by atoms with van der Waals surface area (Å²) in [5, 5.41) is 2.78. The van der Waals surface area contributed by atoms with Gasteiger partial charge in [0, 0.05) is 4.47 Å². The van der Waals surface area contributed by atoms with Crippen LogP contribution in [0.2, 0.25) is 0 Å². The first-order valence-corrected chi connectivity index (χ1v) is 7.36. The molecule has 0 radical (unpaired) electrons. The van der Waals surface area contributed by atoms with E-state index in [0.717, 1.165) is 15.7 Å².